The van der Waals surface area contributed by atoms with E-state index in [4.69, 9.17) is 9.47 Å². The number of ether oxygens (including phenoxy) is 2. The van der Waals surface area contributed by atoms with Gasteiger partial charge < -0.3 is 20.1 Å². The molecule has 5 rings (SSSR count). The van der Waals surface area contributed by atoms with Crippen LogP contribution in [0.3, 0.4) is 0 Å². The predicted molar refractivity (Wildman–Crippen MR) is 130 cm³/mol. The first kappa shape index (κ1) is 23.7. The fourth-order valence-electron chi connectivity index (χ4n) is 4.77. The first-order chi connectivity index (χ1) is 16.8. The lowest BCUT2D eigenvalue weighted by Crippen LogP contribution is -2.52. The number of carbonyl (C=O) groups is 2. The number of amides is 1. The second-order valence-corrected chi connectivity index (χ2v) is 11.9. The summed E-state index contributed by atoms with van der Waals surface area (Å²) in [6.45, 7) is 4.18. The van der Waals surface area contributed by atoms with Crippen LogP contribution in [-0.4, -0.2) is 67.4 Å². The average molecular weight is 500 g/mol. The van der Waals surface area contributed by atoms with Crippen molar-refractivity contribution in [3.05, 3.63) is 43.1 Å². The smallest absolute Gasteiger partial charge is 0.238 e. The third-order valence-corrected chi connectivity index (χ3v) is 9.28. The minimum absolute atomic E-state index is 0.265. The second-order valence-electron chi connectivity index (χ2n) is 9.58. The zero-order chi connectivity index (χ0) is 24.8. The lowest BCUT2D eigenvalue weighted by atomic mass is 10.1. The Morgan fingerprint density at radius 3 is 2.80 bits per heavy atom. The Bertz CT molecular complexity index is 1290. The van der Waals surface area contributed by atoms with Crippen LogP contribution in [0.4, 0.5) is 0 Å². The predicted octanol–water partition coefficient (Wildman–Crippen LogP) is 1.56. The molecule has 0 radical (unpaired) electrons. The van der Waals surface area contributed by atoms with E-state index in [1.807, 2.05) is 24.3 Å². The van der Waals surface area contributed by atoms with Crippen molar-refractivity contribution in [2.45, 2.75) is 48.6 Å². The van der Waals surface area contributed by atoms with Crippen LogP contribution in [0.25, 0.3) is 10.8 Å². The van der Waals surface area contributed by atoms with E-state index in [2.05, 4.69) is 22.2 Å². The Balaban J connectivity index is 1.23. The molecule has 2 aromatic rings. The van der Waals surface area contributed by atoms with Gasteiger partial charge in [-0.3, -0.25) is 9.59 Å². The van der Waals surface area contributed by atoms with E-state index in [-0.39, 0.29) is 17.9 Å². The zero-order valence-electron chi connectivity index (χ0n) is 19.5. The molecule has 10 heteroatoms. The summed E-state index contributed by atoms with van der Waals surface area (Å²) in [6, 6.07) is 6.94. The van der Waals surface area contributed by atoms with E-state index < -0.39 is 38.2 Å². The molecule has 2 aliphatic carbocycles. The Morgan fingerprint density at radius 2 is 2.11 bits per heavy atom. The maximum atomic E-state index is 13.1. The highest BCUT2D eigenvalue weighted by Gasteiger charge is 2.60. The number of benzene rings is 1. The number of aromatic nitrogens is 1. The minimum atomic E-state index is -3.47. The number of ketones is 1. The number of Topliss-reactive ketones (excluding diaryl/α,β-unsaturated/α-hetero) is 1. The van der Waals surface area contributed by atoms with E-state index in [0.29, 0.717) is 38.1 Å². The molecule has 3 fully saturated rings. The lowest BCUT2D eigenvalue weighted by Gasteiger charge is -2.20. The van der Waals surface area contributed by atoms with Crippen molar-refractivity contribution < 1.29 is 27.5 Å². The van der Waals surface area contributed by atoms with Gasteiger partial charge in [0.05, 0.1) is 18.4 Å². The Labute approximate surface area is 204 Å². The number of nitrogens with zero attached hydrogens (tertiary/aromatic N) is 1. The lowest BCUT2D eigenvalue weighted by molar-refractivity contribution is -0.129. The summed E-state index contributed by atoms with van der Waals surface area (Å²) in [5.41, 5.74) is -1.18. The van der Waals surface area contributed by atoms with Crippen molar-refractivity contribution in [1.82, 2.24) is 15.6 Å². The van der Waals surface area contributed by atoms with E-state index in [1.54, 1.807) is 19.4 Å². The van der Waals surface area contributed by atoms with Gasteiger partial charge in [0.2, 0.25) is 11.8 Å². The van der Waals surface area contributed by atoms with Crippen molar-refractivity contribution in [1.29, 1.82) is 0 Å². The minimum Gasteiger partial charge on any atom is -0.497 e. The number of nitrogens with one attached hydrogen (secondary N) is 2. The van der Waals surface area contributed by atoms with Crippen molar-refractivity contribution in [2.24, 2.45) is 5.92 Å². The van der Waals surface area contributed by atoms with Gasteiger partial charge in [-0.15, -0.1) is 6.58 Å². The molecule has 1 aromatic carbocycles. The summed E-state index contributed by atoms with van der Waals surface area (Å²) in [5, 5.41) is 7.35. The zero-order valence-corrected chi connectivity index (χ0v) is 20.3. The maximum Gasteiger partial charge on any atom is 0.238 e. The fourth-order valence-corrected chi connectivity index (χ4v) is 6.48. The highest BCUT2D eigenvalue weighted by Crippen LogP contribution is 2.46. The first-order valence-electron chi connectivity index (χ1n) is 11.8. The molecule has 1 aromatic heterocycles. The molecule has 2 saturated carbocycles. The summed E-state index contributed by atoms with van der Waals surface area (Å²) in [5.74, 6) is -0.385. The normalized spacial score (nSPS) is 27.9. The van der Waals surface area contributed by atoms with Gasteiger partial charge >= 0.3 is 0 Å². The third-order valence-electron chi connectivity index (χ3n) is 7.13. The largest absolute Gasteiger partial charge is 0.497 e. The van der Waals surface area contributed by atoms with Crippen LogP contribution in [0.15, 0.2) is 43.1 Å². The summed E-state index contributed by atoms with van der Waals surface area (Å²) < 4.78 is 36.1. The maximum absolute atomic E-state index is 13.1. The van der Waals surface area contributed by atoms with E-state index in [0.717, 1.165) is 16.5 Å². The number of sulfone groups is 1. The fraction of sp³-hybridized carbons (Fsp3) is 0.480. The molecule has 9 nitrogen and oxygen atoms in total. The SMILES string of the molecule is C=C[C@@H]1C[C@]1(NC(=O)[C@@H]1C[C@@H](Oc2nccc3cc(OC)ccc23)CN1)C(=O)CS(=O)(=O)C1CC1. The standard InChI is InChI=1S/C25H29N3O6S/c1-3-16-12-25(16,22(29)14-35(31,32)19-5-6-19)28-23(30)21-11-18(13-27-21)34-24-20-7-4-17(33-2)10-15(20)8-9-26-24/h3-4,7-10,16,18-19,21,27H,1,5-6,11-14H2,2H3,(H,28,30)/t16-,18-,21+,25-/m1/s1. The molecule has 0 bridgehead atoms. The molecule has 1 aliphatic heterocycles. The van der Waals surface area contributed by atoms with Gasteiger partial charge in [0.25, 0.3) is 0 Å². The Morgan fingerprint density at radius 1 is 1.31 bits per heavy atom. The van der Waals surface area contributed by atoms with Gasteiger partial charge in [-0.05, 0) is 48.9 Å². The number of fused-ring (bicyclic) bond motifs is 1. The Kier molecular flexibility index (Phi) is 6.04. The molecule has 1 amide bonds. The van der Waals surface area contributed by atoms with Gasteiger partial charge in [0.1, 0.15) is 23.1 Å². The van der Waals surface area contributed by atoms with Gasteiger partial charge in [-0.1, -0.05) is 6.08 Å². The van der Waals surface area contributed by atoms with Crippen LogP contribution in [-0.2, 0) is 19.4 Å². The summed E-state index contributed by atoms with van der Waals surface area (Å²) >= 11 is 0. The highest BCUT2D eigenvalue weighted by molar-refractivity contribution is 7.93. The third kappa shape index (κ3) is 4.64. The molecule has 3 aliphatic rings. The monoisotopic (exact) mass is 499 g/mol. The van der Waals surface area contributed by atoms with Crippen LogP contribution in [0, 0.1) is 5.92 Å². The number of hydrogen-bond acceptors (Lipinski definition) is 8. The van der Waals surface area contributed by atoms with Crippen molar-refractivity contribution in [2.75, 3.05) is 19.4 Å². The van der Waals surface area contributed by atoms with Crippen molar-refractivity contribution in [3.63, 3.8) is 0 Å². The molecule has 0 spiro atoms. The molecule has 186 valence electrons. The molecular weight excluding hydrogens is 470 g/mol. The molecule has 4 atom stereocenters. The topological polar surface area (TPSA) is 124 Å². The van der Waals surface area contributed by atoms with Crippen molar-refractivity contribution >= 4 is 32.3 Å². The number of pyridine rings is 1. The summed E-state index contributed by atoms with van der Waals surface area (Å²) in [7, 11) is -1.86. The highest BCUT2D eigenvalue weighted by atomic mass is 32.2. The first-order valence-corrected chi connectivity index (χ1v) is 13.5. The summed E-state index contributed by atoms with van der Waals surface area (Å²) in [6.07, 6.45) is 4.95. The number of carbonyl (C=O) groups excluding carboxylic acids is 2. The molecule has 0 unspecified atom stereocenters. The average Bonchev–Trinajstić information content (AvgIpc) is 3.76. The number of rotatable bonds is 10. The summed E-state index contributed by atoms with van der Waals surface area (Å²) in [4.78, 5) is 30.4. The van der Waals surface area contributed by atoms with Gasteiger partial charge in [-0.25, -0.2) is 13.4 Å². The molecule has 35 heavy (non-hydrogen) atoms. The van der Waals surface area contributed by atoms with Gasteiger partial charge in [0.15, 0.2) is 15.6 Å². The van der Waals surface area contributed by atoms with E-state index in [1.165, 1.54) is 0 Å². The van der Waals surface area contributed by atoms with Crippen LogP contribution in [0.1, 0.15) is 25.7 Å². The van der Waals surface area contributed by atoms with Crippen LogP contribution < -0.4 is 20.1 Å². The Hall–Kier alpha value is -2.98. The van der Waals surface area contributed by atoms with Gasteiger partial charge in [-0.2, -0.15) is 0 Å². The van der Waals surface area contributed by atoms with E-state index in [9.17, 15) is 18.0 Å². The van der Waals surface area contributed by atoms with Crippen LogP contribution in [0.2, 0.25) is 0 Å². The number of hydrogen-bond donors (Lipinski definition) is 2. The second kappa shape index (κ2) is 8.91. The molecule has 2 N–H and O–H groups in total. The molecule has 2 heterocycles. The molecule has 1 saturated heterocycles. The molecular formula is C25H29N3O6S. The van der Waals surface area contributed by atoms with E-state index >= 15 is 0 Å². The van der Waals surface area contributed by atoms with Crippen molar-refractivity contribution in [3.8, 4) is 11.6 Å². The van der Waals surface area contributed by atoms with Crippen LogP contribution in [0.5, 0.6) is 11.6 Å². The number of methoxy groups -OCH3 is 1. The quantitative estimate of drug-likeness (QED) is 0.472. The van der Waals surface area contributed by atoms with Gasteiger partial charge in [0, 0.05) is 30.5 Å². The van der Waals surface area contributed by atoms with Crippen LogP contribution >= 0.6 is 0 Å².